The maximum Gasteiger partial charge on any atom is 0.319 e. The lowest BCUT2D eigenvalue weighted by molar-refractivity contribution is 0.00233. The molecule has 2 aliphatic heterocycles. The van der Waals surface area contributed by atoms with Gasteiger partial charge in [0.1, 0.15) is 0 Å². The number of piperidine rings is 2. The Hall–Kier alpha value is -1.26. The predicted octanol–water partition coefficient (Wildman–Crippen LogP) is 4.26. The number of halogens is 1. The van der Waals surface area contributed by atoms with E-state index in [9.17, 15) is 4.79 Å². The van der Waals surface area contributed by atoms with E-state index in [0.717, 1.165) is 18.5 Å². The normalized spacial score (nSPS) is 27.7. The fraction of sp³-hybridized carbons (Fsp3) is 0.611. The molecule has 23 heavy (non-hydrogen) atoms. The first-order chi connectivity index (χ1) is 11.0. The van der Waals surface area contributed by atoms with E-state index in [1.54, 1.807) is 12.1 Å². The molecular weight excluding hydrogens is 310 g/mol. The minimum absolute atomic E-state index is 0.117. The Morgan fingerprint density at radius 1 is 1.17 bits per heavy atom. The van der Waals surface area contributed by atoms with Gasteiger partial charge in [-0.25, -0.2) is 4.79 Å². The van der Waals surface area contributed by atoms with Gasteiger partial charge in [-0.3, -0.25) is 4.90 Å². The zero-order valence-corrected chi connectivity index (χ0v) is 14.6. The van der Waals surface area contributed by atoms with Gasteiger partial charge < -0.3 is 10.6 Å². The fourth-order valence-electron chi connectivity index (χ4n) is 4.26. The van der Waals surface area contributed by atoms with Crippen molar-refractivity contribution in [2.24, 2.45) is 0 Å². The van der Waals surface area contributed by atoms with Crippen LogP contribution in [-0.2, 0) is 0 Å². The van der Waals surface area contributed by atoms with Crippen molar-refractivity contribution in [3.63, 3.8) is 0 Å². The number of hydrogen-bond acceptors (Lipinski definition) is 2. The van der Waals surface area contributed by atoms with Crippen molar-refractivity contribution in [2.45, 2.75) is 70.1 Å². The molecule has 2 fully saturated rings. The summed E-state index contributed by atoms with van der Waals surface area (Å²) in [5.41, 5.74) is 0.770. The zero-order chi connectivity index (χ0) is 16.4. The fourth-order valence-corrected chi connectivity index (χ4v) is 4.39. The Morgan fingerprint density at radius 3 is 2.35 bits per heavy atom. The molecule has 2 aliphatic rings. The molecule has 2 N–H and O–H groups in total. The zero-order valence-electron chi connectivity index (χ0n) is 13.9. The highest BCUT2D eigenvalue weighted by Crippen LogP contribution is 2.35. The number of benzene rings is 1. The van der Waals surface area contributed by atoms with E-state index in [0.29, 0.717) is 23.1 Å². The molecule has 2 bridgehead atoms. The Kier molecular flexibility index (Phi) is 5.12. The van der Waals surface area contributed by atoms with Gasteiger partial charge >= 0.3 is 6.03 Å². The van der Waals surface area contributed by atoms with Gasteiger partial charge in [0.25, 0.3) is 0 Å². The van der Waals surface area contributed by atoms with Crippen molar-refractivity contribution in [1.29, 1.82) is 0 Å². The summed E-state index contributed by atoms with van der Waals surface area (Å²) in [5, 5.41) is 6.73. The molecule has 1 aromatic rings. The maximum absolute atomic E-state index is 12.2. The topological polar surface area (TPSA) is 44.4 Å². The van der Waals surface area contributed by atoms with E-state index in [1.165, 1.54) is 19.3 Å². The molecule has 0 spiro atoms. The first-order valence-corrected chi connectivity index (χ1v) is 9.01. The number of amides is 2. The molecule has 5 heteroatoms. The molecule has 2 amide bonds. The van der Waals surface area contributed by atoms with Crippen molar-refractivity contribution < 1.29 is 4.79 Å². The maximum atomic E-state index is 12.2. The van der Waals surface area contributed by atoms with Crippen LogP contribution in [-0.4, -0.2) is 35.1 Å². The second-order valence-corrected chi connectivity index (χ2v) is 7.49. The van der Waals surface area contributed by atoms with Gasteiger partial charge in [0, 0.05) is 34.9 Å². The largest absolute Gasteiger partial charge is 0.335 e. The lowest BCUT2D eigenvalue weighted by atomic mass is 9.81. The average molecular weight is 336 g/mol. The third-order valence-corrected chi connectivity index (χ3v) is 5.32. The van der Waals surface area contributed by atoms with Gasteiger partial charge in [-0.05, 0) is 63.8 Å². The highest BCUT2D eigenvalue weighted by atomic mass is 35.5. The Morgan fingerprint density at radius 2 is 1.78 bits per heavy atom. The highest BCUT2D eigenvalue weighted by molar-refractivity contribution is 6.30. The monoisotopic (exact) mass is 335 g/mol. The highest BCUT2D eigenvalue weighted by Gasteiger charge is 2.39. The second-order valence-electron chi connectivity index (χ2n) is 7.05. The minimum Gasteiger partial charge on any atom is -0.335 e. The van der Waals surface area contributed by atoms with Crippen molar-refractivity contribution in [3.8, 4) is 0 Å². The molecule has 2 heterocycles. The third kappa shape index (κ3) is 3.99. The van der Waals surface area contributed by atoms with Crippen molar-refractivity contribution >= 4 is 23.3 Å². The number of carbonyl (C=O) groups excluding carboxylic acids is 1. The molecule has 0 aromatic heterocycles. The summed E-state index contributed by atoms with van der Waals surface area (Å²) in [6.07, 6.45) is 5.95. The van der Waals surface area contributed by atoms with Crippen LogP contribution in [0.3, 0.4) is 0 Å². The molecule has 0 radical (unpaired) electrons. The lowest BCUT2D eigenvalue weighted by Gasteiger charge is -2.51. The van der Waals surface area contributed by atoms with Gasteiger partial charge in [-0.1, -0.05) is 18.0 Å². The molecule has 3 atom stereocenters. The van der Waals surface area contributed by atoms with Crippen LogP contribution in [0.1, 0.15) is 46.0 Å². The number of nitrogens with one attached hydrogen (secondary N) is 2. The SMILES string of the molecule is CC(C)N1[C@@H]2CCC[C@H]1CC(NC(=O)Nc1ccc(Cl)cc1)C2. The van der Waals surface area contributed by atoms with E-state index in [1.807, 2.05) is 12.1 Å². The van der Waals surface area contributed by atoms with Crippen LogP contribution in [0.4, 0.5) is 10.5 Å². The molecule has 0 saturated carbocycles. The quantitative estimate of drug-likeness (QED) is 0.867. The van der Waals surface area contributed by atoms with Crippen LogP contribution in [0, 0.1) is 0 Å². The van der Waals surface area contributed by atoms with Crippen LogP contribution in [0.15, 0.2) is 24.3 Å². The van der Waals surface area contributed by atoms with E-state index in [4.69, 9.17) is 11.6 Å². The van der Waals surface area contributed by atoms with E-state index in [2.05, 4.69) is 29.4 Å². The van der Waals surface area contributed by atoms with Crippen molar-refractivity contribution in [3.05, 3.63) is 29.3 Å². The first kappa shape index (κ1) is 16.6. The van der Waals surface area contributed by atoms with Gasteiger partial charge in [-0.15, -0.1) is 0 Å². The van der Waals surface area contributed by atoms with Crippen LogP contribution in [0.2, 0.25) is 5.02 Å². The number of anilines is 1. The standard InChI is InChI=1S/C18H26ClN3O/c1-12(2)22-16-4-3-5-17(22)11-15(10-16)21-18(23)20-14-8-6-13(19)7-9-14/h6-9,12,15-17H,3-5,10-11H2,1-2H3,(H2,20,21,23)/t15?,16-,17+. The molecule has 126 valence electrons. The summed E-state index contributed by atoms with van der Waals surface area (Å²) in [7, 11) is 0. The lowest BCUT2D eigenvalue weighted by Crippen LogP contribution is -2.59. The summed E-state index contributed by atoms with van der Waals surface area (Å²) >= 11 is 5.86. The second kappa shape index (κ2) is 7.10. The summed E-state index contributed by atoms with van der Waals surface area (Å²) < 4.78 is 0. The minimum atomic E-state index is -0.117. The van der Waals surface area contributed by atoms with E-state index >= 15 is 0 Å². The smallest absolute Gasteiger partial charge is 0.319 e. The first-order valence-electron chi connectivity index (χ1n) is 8.63. The molecule has 1 unspecified atom stereocenters. The molecular formula is C18H26ClN3O. The number of hydrogen-bond donors (Lipinski definition) is 2. The van der Waals surface area contributed by atoms with E-state index < -0.39 is 0 Å². The number of carbonyl (C=O) groups is 1. The summed E-state index contributed by atoms with van der Waals surface area (Å²) in [6.45, 7) is 4.57. The number of rotatable bonds is 3. The Bertz CT molecular complexity index is 532. The predicted molar refractivity (Wildman–Crippen MR) is 95.0 cm³/mol. The molecule has 1 aromatic carbocycles. The molecule has 3 rings (SSSR count). The number of fused-ring (bicyclic) bond motifs is 2. The van der Waals surface area contributed by atoms with Crippen molar-refractivity contribution in [2.75, 3.05) is 5.32 Å². The molecule has 0 aliphatic carbocycles. The Balaban J connectivity index is 1.56. The summed E-state index contributed by atoms with van der Waals surface area (Å²) in [4.78, 5) is 14.9. The summed E-state index contributed by atoms with van der Waals surface area (Å²) in [5.74, 6) is 0. The van der Waals surface area contributed by atoms with Gasteiger partial charge in [-0.2, -0.15) is 0 Å². The van der Waals surface area contributed by atoms with Crippen LogP contribution in [0.25, 0.3) is 0 Å². The molecule has 4 nitrogen and oxygen atoms in total. The van der Waals surface area contributed by atoms with Gasteiger partial charge in [0.2, 0.25) is 0 Å². The average Bonchev–Trinajstić information content (AvgIpc) is 2.48. The van der Waals surface area contributed by atoms with Crippen LogP contribution < -0.4 is 10.6 Å². The van der Waals surface area contributed by atoms with E-state index in [-0.39, 0.29) is 12.1 Å². The number of urea groups is 1. The third-order valence-electron chi connectivity index (χ3n) is 5.06. The molecule has 2 saturated heterocycles. The van der Waals surface area contributed by atoms with Crippen LogP contribution in [0.5, 0.6) is 0 Å². The van der Waals surface area contributed by atoms with Gasteiger partial charge in [0.05, 0.1) is 0 Å². The Labute approximate surface area is 143 Å². The summed E-state index contributed by atoms with van der Waals surface area (Å²) in [6, 6.07) is 9.17. The van der Waals surface area contributed by atoms with Crippen molar-refractivity contribution in [1.82, 2.24) is 10.2 Å². The van der Waals surface area contributed by atoms with Gasteiger partial charge in [0.15, 0.2) is 0 Å². The van der Waals surface area contributed by atoms with Crippen LogP contribution >= 0.6 is 11.6 Å². The number of nitrogens with zero attached hydrogens (tertiary/aromatic N) is 1.